The molecule has 0 aliphatic rings. The molecule has 1 amide bonds. The Balaban J connectivity index is 2.01. The molecule has 2 aromatic carbocycles. The molecule has 0 radical (unpaired) electrons. The second kappa shape index (κ2) is 10.8. The number of nitrogens with one attached hydrogen (secondary N) is 1. The van der Waals surface area contributed by atoms with E-state index < -0.39 is 10.0 Å². The zero-order valence-electron chi connectivity index (χ0n) is 17.2. The van der Waals surface area contributed by atoms with Gasteiger partial charge in [-0.25, -0.2) is 8.42 Å². The van der Waals surface area contributed by atoms with E-state index in [0.717, 1.165) is 11.1 Å². The van der Waals surface area contributed by atoms with E-state index >= 15 is 0 Å². The molecule has 1 N–H and O–H groups in total. The van der Waals surface area contributed by atoms with Gasteiger partial charge >= 0.3 is 0 Å². The Bertz CT molecular complexity index is 895. The molecule has 0 aromatic heterocycles. The van der Waals surface area contributed by atoms with Gasteiger partial charge in [-0.15, -0.1) is 0 Å². The van der Waals surface area contributed by atoms with E-state index in [4.69, 9.17) is 11.6 Å². The van der Waals surface area contributed by atoms with Gasteiger partial charge < -0.3 is 5.32 Å². The van der Waals surface area contributed by atoms with Crippen molar-refractivity contribution >= 4 is 27.5 Å². The molecule has 0 bridgehead atoms. The molecule has 0 fully saturated rings. The highest BCUT2D eigenvalue weighted by Gasteiger charge is 2.26. The fourth-order valence-corrected chi connectivity index (χ4v) is 4.30. The van der Waals surface area contributed by atoms with Crippen molar-refractivity contribution in [3.05, 3.63) is 64.7 Å². The number of amides is 1. The Morgan fingerprint density at radius 2 is 1.69 bits per heavy atom. The van der Waals surface area contributed by atoms with Gasteiger partial charge in [0.25, 0.3) is 0 Å². The van der Waals surface area contributed by atoms with E-state index in [9.17, 15) is 13.2 Å². The normalized spacial score (nSPS) is 11.8. The van der Waals surface area contributed by atoms with Gasteiger partial charge in [0.2, 0.25) is 15.9 Å². The van der Waals surface area contributed by atoms with Crippen molar-refractivity contribution < 1.29 is 13.2 Å². The highest BCUT2D eigenvalue weighted by Crippen LogP contribution is 2.18. The van der Waals surface area contributed by atoms with Crippen molar-refractivity contribution in [2.45, 2.75) is 38.5 Å². The molecule has 0 unspecified atom stereocenters. The Morgan fingerprint density at radius 1 is 1.07 bits per heavy atom. The molecule has 0 atom stereocenters. The highest BCUT2D eigenvalue weighted by molar-refractivity contribution is 7.89. The monoisotopic (exact) mass is 436 g/mol. The third-order valence-electron chi connectivity index (χ3n) is 4.58. The molecule has 5 nitrogen and oxygen atoms in total. The van der Waals surface area contributed by atoms with Gasteiger partial charge in [0.05, 0.1) is 11.4 Å². The SMILES string of the molecule is Cc1ccc(S(=O)(=O)N(CCC(C)C)CC(=O)NCCc2ccc(Cl)cc2)cc1. The molecule has 0 saturated heterocycles. The first-order valence-corrected chi connectivity index (χ1v) is 11.6. The van der Waals surface area contributed by atoms with Gasteiger partial charge in [-0.1, -0.05) is 55.3 Å². The first kappa shape index (κ1) is 23.4. The zero-order valence-corrected chi connectivity index (χ0v) is 18.8. The second-order valence-corrected chi connectivity index (χ2v) is 9.93. The number of hydrogen-bond donors (Lipinski definition) is 1. The summed E-state index contributed by atoms with van der Waals surface area (Å²) in [6.45, 7) is 6.51. The lowest BCUT2D eigenvalue weighted by Crippen LogP contribution is -2.42. The summed E-state index contributed by atoms with van der Waals surface area (Å²) >= 11 is 5.88. The van der Waals surface area contributed by atoms with Crippen molar-refractivity contribution in [2.24, 2.45) is 5.92 Å². The van der Waals surface area contributed by atoms with Crippen LogP contribution in [0.2, 0.25) is 5.02 Å². The Labute approximate surface area is 179 Å². The van der Waals surface area contributed by atoms with Crippen LogP contribution in [0.1, 0.15) is 31.4 Å². The number of aryl methyl sites for hydroxylation is 1. The van der Waals surface area contributed by atoms with E-state index in [-0.39, 0.29) is 17.3 Å². The van der Waals surface area contributed by atoms with Crippen LogP contribution in [0.3, 0.4) is 0 Å². The van der Waals surface area contributed by atoms with Crippen molar-refractivity contribution in [1.82, 2.24) is 9.62 Å². The van der Waals surface area contributed by atoms with E-state index in [0.29, 0.717) is 36.9 Å². The van der Waals surface area contributed by atoms with Crippen LogP contribution in [0.4, 0.5) is 0 Å². The summed E-state index contributed by atoms with van der Waals surface area (Å²) in [5.74, 6) is 0.0251. The number of benzene rings is 2. The largest absolute Gasteiger partial charge is 0.355 e. The lowest BCUT2D eigenvalue weighted by atomic mass is 10.1. The maximum atomic E-state index is 13.1. The van der Waals surface area contributed by atoms with E-state index in [1.54, 1.807) is 36.4 Å². The molecule has 0 saturated carbocycles. The van der Waals surface area contributed by atoms with Crippen LogP contribution >= 0.6 is 11.6 Å². The predicted octanol–water partition coefficient (Wildman–Crippen LogP) is 4.04. The molecule has 158 valence electrons. The Kier molecular flexibility index (Phi) is 8.68. The molecule has 0 aliphatic carbocycles. The quantitative estimate of drug-likeness (QED) is 0.611. The minimum Gasteiger partial charge on any atom is -0.355 e. The number of carbonyl (C=O) groups is 1. The molecule has 0 spiro atoms. The molecule has 2 rings (SSSR count). The van der Waals surface area contributed by atoms with Gasteiger partial charge in [0, 0.05) is 18.1 Å². The topological polar surface area (TPSA) is 66.5 Å². The summed E-state index contributed by atoms with van der Waals surface area (Å²) in [7, 11) is -3.73. The molecule has 7 heteroatoms. The number of halogens is 1. The van der Waals surface area contributed by atoms with Crippen LogP contribution in [-0.4, -0.2) is 38.3 Å². The summed E-state index contributed by atoms with van der Waals surface area (Å²) in [5.41, 5.74) is 2.04. The molecular weight excluding hydrogens is 408 g/mol. The highest BCUT2D eigenvalue weighted by atomic mass is 35.5. The minimum absolute atomic E-state index is 0.191. The summed E-state index contributed by atoms with van der Waals surface area (Å²) in [5, 5.41) is 3.49. The minimum atomic E-state index is -3.73. The Morgan fingerprint density at radius 3 is 2.28 bits per heavy atom. The Hall–Kier alpha value is -1.89. The number of sulfonamides is 1. The average Bonchev–Trinajstić information content (AvgIpc) is 2.66. The zero-order chi connectivity index (χ0) is 21.4. The second-order valence-electron chi connectivity index (χ2n) is 7.56. The molecule has 29 heavy (non-hydrogen) atoms. The number of hydrogen-bond acceptors (Lipinski definition) is 3. The fourth-order valence-electron chi connectivity index (χ4n) is 2.76. The van der Waals surface area contributed by atoms with Crippen LogP contribution in [0, 0.1) is 12.8 Å². The van der Waals surface area contributed by atoms with Crippen LogP contribution in [0.5, 0.6) is 0 Å². The third kappa shape index (κ3) is 7.46. The maximum absolute atomic E-state index is 13.1. The van der Waals surface area contributed by atoms with E-state index in [1.807, 2.05) is 32.9 Å². The third-order valence-corrected chi connectivity index (χ3v) is 6.70. The van der Waals surface area contributed by atoms with Crippen LogP contribution in [0.15, 0.2) is 53.4 Å². The van der Waals surface area contributed by atoms with Crippen LogP contribution in [0.25, 0.3) is 0 Å². The van der Waals surface area contributed by atoms with E-state index in [1.165, 1.54) is 4.31 Å². The number of nitrogens with zero attached hydrogens (tertiary/aromatic N) is 1. The van der Waals surface area contributed by atoms with Crippen molar-refractivity contribution in [3.8, 4) is 0 Å². The summed E-state index contributed by atoms with van der Waals surface area (Å²) in [6.07, 6.45) is 1.34. The summed E-state index contributed by atoms with van der Waals surface area (Å²) in [6, 6.07) is 14.1. The van der Waals surface area contributed by atoms with Crippen LogP contribution in [-0.2, 0) is 21.2 Å². The maximum Gasteiger partial charge on any atom is 0.243 e. The predicted molar refractivity (Wildman–Crippen MR) is 118 cm³/mol. The van der Waals surface area contributed by atoms with Gasteiger partial charge in [0.1, 0.15) is 0 Å². The first-order valence-electron chi connectivity index (χ1n) is 9.76. The standard InChI is InChI=1S/C22H29ClN2O3S/c1-17(2)13-15-25(29(27,28)21-10-4-18(3)5-11-21)16-22(26)24-14-12-19-6-8-20(23)9-7-19/h4-11,17H,12-16H2,1-3H3,(H,24,26). The van der Waals surface area contributed by atoms with Crippen molar-refractivity contribution in [3.63, 3.8) is 0 Å². The van der Waals surface area contributed by atoms with Gasteiger partial charge in [-0.2, -0.15) is 4.31 Å². The van der Waals surface area contributed by atoms with Crippen molar-refractivity contribution in [2.75, 3.05) is 19.6 Å². The van der Waals surface area contributed by atoms with Gasteiger partial charge in [-0.3, -0.25) is 4.79 Å². The first-order chi connectivity index (χ1) is 13.7. The van der Waals surface area contributed by atoms with Gasteiger partial charge in [0.15, 0.2) is 0 Å². The lowest BCUT2D eigenvalue weighted by Gasteiger charge is -2.23. The van der Waals surface area contributed by atoms with E-state index in [2.05, 4.69) is 5.32 Å². The molecule has 2 aromatic rings. The fraction of sp³-hybridized carbons (Fsp3) is 0.409. The lowest BCUT2D eigenvalue weighted by molar-refractivity contribution is -0.121. The van der Waals surface area contributed by atoms with Crippen molar-refractivity contribution in [1.29, 1.82) is 0 Å². The average molecular weight is 437 g/mol. The molecular formula is C22H29ClN2O3S. The summed E-state index contributed by atoms with van der Waals surface area (Å²) in [4.78, 5) is 12.6. The summed E-state index contributed by atoms with van der Waals surface area (Å²) < 4.78 is 27.4. The van der Waals surface area contributed by atoms with Crippen LogP contribution < -0.4 is 5.32 Å². The molecule has 0 heterocycles. The molecule has 0 aliphatic heterocycles. The smallest absolute Gasteiger partial charge is 0.243 e. The number of rotatable bonds is 10. The van der Waals surface area contributed by atoms with Gasteiger partial charge in [-0.05, 0) is 55.5 Å². The number of carbonyl (C=O) groups excluding carboxylic acids is 1.